The van der Waals surface area contributed by atoms with Gasteiger partial charge in [-0.25, -0.2) is 9.97 Å². The molecule has 5 heterocycles. The fourth-order valence-electron chi connectivity index (χ4n) is 6.39. The van der Waals surface area contributed by atoms with Crippen molar-refractivity contribution < 1.29 is 0 Å². The quantitative estimate of drug-likeness (QED) is 0.539. The first-order valence-corrected chi connectivity index (χ1v) is 14.1. The maximum atomic E-state index is 12.8. The summed E-state index contributed by atoms with van der Waals surface area (Å²) in [6.45, 7) is 6.75. The van der Waals surface area contributed by atoms with Crippen molar-refractivity contribution in [3.8, 4) is 0 Å². The molecule has 0 bridgehead atoms. The third-order valence-corrected chi connectivity index (χ3v) is 8.67. The molecule has 0 saturated carbocycles. The fourth-order valence-corrected chi connectivity index (χ4v) is 6.39. The predicted octanol–water partition coefficient (Wildman–Crippen LogP) is 4.33. The monoisotopic (exact) mass is 501 g/mol. The number of fused-ring (bicyclic) bond motifs is 1. The SMILES string of the molecule is CN1CCC(c2ccc(Nc3nc(N4CCC(N5CCCCC5)CC4)cc4nc[nH]c(=O)c34)cc2)CC1. The zero-order valence-corrected chi connectivity index (χ0v) is 22.0. The van der Waals surface area contributed by atoms with Crippen LogP contribution in [0, 0.1) is 0 Å². The van der Waals surface area contributed by atoms with Gasteiger partial charge in [-0.1, -0.05) is 18.6 Å². The Hall–Kier alpha value is -2.97. The number of aromatic nitrogens is 3. The van der Waals surface area contributed by atoms with Crippen molar-refractivity contribution in [2.45, 2.75) is 56.9 Å². The molecule has 0 atom stereocenters. The van der Waals surface area contributed by atoms with Crippen molar-refractivity contribution in [2.75, 3.05) is 56.5 Å². The van der Waals surface area contributed by atoms with E-state index < -0.39 is 0 Å². The predicted molar refractivity (Wildman–Crippen MR) is 150 cm³/mol. The molecule has 3 fully saturated rings. The van der Waals surface area contributed by atoms with Crippen LogP contribution in [0.3, 0.4) is 0 Å². The van der Waals surface area contributed by atoms with Crippen LogP contribution in [0.5, 0.6) is 0 Å². The number of anilines is 3. The Morgan fingerprint density at radius 1 is 0.919 bits per heavy atom. The summed E-state index contributed by atoms with van der Waals surface area (Å²) in [4.78, 5) is 32.4. The van der Waals surface area contributed by atoms with Gasteiger partial charge in [-0.2, -0.15) is 0 Å². The van der Waals surface area contributed by atoms with Gasteiger partial charge in [-0.3, -0.25) is 4.79 Å². The number of aromatic amines is 1. The minimum absolute atomic E-state index is 0.168. The number of hydrogen-bond donors (Lipinski definition) is 2. The Balaban J connectivity index is 1.21. The zero-order valence-electron chi connectivity index (χ0n) is 22.0. The lowest BCUT2D eigenvalue weighted by Crippen LogP contribution is -2.47. The smallest absolute Gasteiger partial charge is 0.262 e. The van der Waals surface area contributed by atoms with Crippen LogP contribution in [0.2, 0.25) is 0 Å². The number of rotatable bonds is 5. The highest BCUT2D eigenvalue weighted by Gasteiger charge is 2.27. The van der Waals surface area contributed by atoms with Crippen LogP contribution in [0.4, 0.5) is 17.3 Å². The molecule has 3 aliphatic rings. The van der Waals surface area contributed by atoms with Gasteiger partial charge in [0.2, 0.25) is 0 Å². The minimum atomic E-state index is -0.168. The van der Waals surface area contributed by atoms with Crippen molar-refractivity contribution in [1.29, 1.82) is 0 Å². The average Bonchev–Trinajstić information content (AvgIpc) is 2.94. The summed E-state index contributed by atoms with van der Waals surface area (Å²) in [5.41, 5.74) is 2.84. The summed E-state index contributed by atoms with van der Waals surface area (Å²) >= 11 is 0. The van der Waals surface area contributed by atoms with Gasteiger partial charge in [0, 0.05) is 30.9 Å². The maximum absolute atomic E-state index is 12.8. The highest BCUT2D eigenvalue weighted by atomic mass is 16.1. The Labute approximate surface area is 219 Å². The van der Waals surface area contributed by atoms with E-state index >= 15 is 0 Å². The van der Waals surface area contributed by atoms with E-state index in [0.29, 0.717) is 28.7 Å². The molecule has 0 aliphatic carbocycles. The minimum Gasteiger partial charge on any atom is -0.356 e. The molecule has 0 unspecified atom stereocenters. The van der Waals surface area contributed by atoms with Crippen molar-refractivity contribution in [3.05, 3.63) is 52.6 Å². The molecule has 6 rings (SSSR count). The number of hydrogen-bond acceptors (Lipinski definition) is 7. The number of nitrogens with one attached hydrogen (secondary N) is 2. The van der Waals surface area contributed by atoms with E-state index in [1.165, 1.54) is 57.1 Å². The van der Waals surface area contributed by atoms with Crippen LogP contribution < -0.4 is 15.8 Å². The zero-order chi connectivity index (χ0) is 25.2. The summed E-state index contributed by atoms with van der Waals surface area (Å²) in [6, 6.07) is 11.3. The maximum Gasteiger partial charge on any atom is 0.262 e. The third kappa shape index (κ3) is 5.36. The Kier molecular flexibility index (Phi) is 7.11. The van der Waals surface area contributed by atoms with Gasteiger partial charge in [-0.05, 0) is 95.4 Å². The lowest BCUT2D eigenvalue weighted by atomic mass is 9.89. The number of H-pyrrole nitrogens is 1. The second-order valence-electron chi connectivity index (χ2n) is 11.1. The Morgan fingerprint density at radius 2 is 1.65 bits per heavy atom. The first kappa shape index (κ1) is 24.4. The number of pyridine rings is 1. The molecule has 0 spiro atoms. The van der Waals surface area contributed by atoms with Crippen molar-refractivity contribution in [1.82, 2.24) is 24.8 Å². The van der Waals surface area contributed by atoms with Crippen LogP contribution >= 0.6 is 0 Å². The lowest BCUT2D eigenvalue weighted by Gasteiger charge is -2.40. The highest BCUT2D eigenvalue weighted by Crippen LogP contribution is 2.31. The van der Waals surface area contributed by atoms with Crippen molar-refractivity contribution >= 4 is 28.2 Å². The van der Waals surface area contributed by atoms with Gasteiger partial charge in [0.1, 0.15) is 17.0 Å². The van der Waals surface area contributed by atoms with Gasteiger partial charge >= 0.3 is 0 Å². The normalized spacial score (nSPS) is 20.9. The van der Waals surface area contributed by atoms with Crippen LogP contribution in [0.25, 0.3) is 10.9 Å². The van der Waals surface area contributed by atoms with E-state index in [2.05, 4.69) is 61.3 Å². The van der Waals surface area contributed by atoms with Gasteiger partial charge in [0.15, 0.2) is 0 Å². The molecular formula is C29H39N7O. The molecular weight excluding hydrogens is 462 g/mol. The molecule has 1 aromatic carbocycles. The summed E-state index contributed by atoms with van der Waals surface area (Å²) < 4.78 is 0. The first-order chi connectivity index (χ1) is 18.1. The Morgan fingerprint density at radius 3 is 2.38 bits per heavy atom. The third-order valence-electron chi connectivity index (χ3n) is 8.67. The molecule has 3 aliphatic heterocycles. The number of nitrogens with zero attached hydrogens (tertiary/aromatic N) is 5. The number of likely N-dealkylation sites (tertiary alicyclic amines) is 2. The molecule has 0 radical (unpaired) electrons. The second kappa shape index (κ2) is 10.8. The van der Waals surface area contributed by atoms with Crippen LogP contribution in [-0.4, -0.2) is 77.1 Å². The van der Waals surface area contributed by atoms with E-state index in [9.17, 15) is 4.79 Å². The van der Waals surface area contributed by atoms with Crippen LogP contribution in [-0.2, 0) is 0 Å². The highest BCUT2D eigenvalue weighted by molar-refractivity contribution is 5.92. The summed E-state index contributed by atoms with van der Waals surface area (Å²) in [7, 11) is 2.20. The lowest BCUT2D eigenvalue weighted by molar-refractivity contribution is 0.141. The van der Waals surface area contributed by atoms with Gasteiger partial charge < -0.3 is 25.0 Å². The van der Waals surface area contributed by atoms with E-state index in [1.54, 1.807) is 0 Å². The topological polar surface area (TPSA) is 80.4 Å². The average molecular weight is 502 g/mol. The van der Waals surface area contributed by atoms with E-state index in [1.807, 2.05) is 6.07 Å². The van der Waals surface area contributed by atoms with Crippen LogP contribution in [0.1, 0.15) is 56.4 Å². The second-order valence-corrected chi connectivity index (χ2v) is 11.1. The number of benzene rings is 1. The molecule has 2 N–H and O–H groups in total. The van der Waals surface area contributed by atoms with Gasteiger partial charge in [-0.15, -0.1) is 0 Å². The summed E-state index contributed by atoms with van der Waals surface area (Å²) in [5.74, 6) is 2.09. The molecule has 8 nitrogen and oxygen atoms in total. The Bertz CT molecular complexity index is 1250. The standard InChI is InChI=1S/C29H39N7O/c1-34-15-9-22(10-16-34)21-5-7-23(8-6-21)32-28-27-25(30-20-31-29(27)37)19-26(33-28)36-17-11-24(12-18-36)35-13-3-2-4-14-35/h5-8,19-20,22,24H,2-4,9-18H2,1H3,(H,32,33)(H,30,31,37). The van der Waals surface area contributed by atoms with E-state index in [-0.39, 0.29) is 5.56 Å². The largest absolute Gasteiger partial charge is 0.356 e. The molecule has 196 valence electrons. The van der Waals surface area contributed by atoms with E-state index in [4.69, 9.17) is 4.98 Å². The first-order valence-electron chi connectivity index (χ1n) is 14.1. The van der Waals surface area contributed by atoms with Gasteiger partial charge in [0.25, 0.3) is 5.56 Å². The van der Waals surface area contributed by atoms with Gasteiger partial charge in [0.05, 0.1) is 11.8 Å². The summed E-state index contributed by atoms with van der Waals surface area (Å²) in [6.07, 6.45) is 10.2. The van der Waals surface area contributed by atoms with Crippen molar-refractivity contribution in [3.63, 3.8) is 0 Å². The number of piperidine rings is 3. The summed E-state index contributed by atoms with van der Waals surface area (Å²) in [5, 5.41) is 3.96. The van der Waals surface area contributed by atoms with Crippen molar-refractivity contribution in [2.24, 2.45) is 0 Å². The molecule has 8 heteroatoms. The molecule has 2 aromatic heterocycles. The molecule has 3 aromatic rings. The molecule has 3 saturated heterocycles. The van der Waals surface area contributed by atoms with Crippen LogP contribution in [0.15, 0.2) is 41.5 Å². The fraction of sp³-hybridized carbons (Fsp3) is 0.552. The molecule has 0 amide bonds. The molecule has 37 heavy (non-hydrogen) atoms. The van der Waals surface area contributed by atoms with E-state index in [0.717, 1.165) is 50.5 Å².